The molecule has 0 aliphatic heterocycles. The van der Waals surface area contributed by atoms with Gasteiger partial charge in [0.1, 0.15) is 12.4 Å². The van der Waals surface area contributed by atoms with Crippen molar-refractivity contribution in [3.05, 3.63) is 83.4 Å². The standard InChI is InChI=1S/C24H23N3O/c1-16-7-6-8-19(13-16)24-26-21-9-4-5-10-22(21)27(24)15-23(28)25-20-12-11-17(2)18(3)14-20/h4-14H,15H2,1-3H3,(H,25,28). The lowest BCUT2D eigenvalue weighted by Crippen LogP contribution is -2.19. The molecule has 4 rings (SSSR count). The molecule has 0 atom stereocenters. The molecule has 0 spiro atoms. The van der Waals surface area contributed by atoms with Gasteiger partial charge in [0.2, 0.25) is 5.91 Å². The summed E-state index contributed by atoms with van der Waals surface area (Å²) in [6.45, 7) is 6.37. The number of hydrogen-bond donors (Lipinski definition) is 1. The summed E-state index contributed by atoms with van der Waals surface area (Å²) in [6.07, 6.45) is 0. The number of amides is 1. The highest BCUT2D eigenvalue weighted by atomic mass is 16.1. The third-order valence-electron chi connectivity index (χ3n) is 5.02. The molecule has 0 aliphatic rings. The minimum absolute atomic E-state index is 0.0692. The number of anilines is 1. The minimum Gasteiger partial charge on any atom is -0.325 e. The van der Waals surface area contributed by atoms with E-state index in [9.17, 15) is 4.79 Å². The molecule has 1 heterocycles. The van der Waals surface area contributed by atoms with Crippen molar-refractivity contribution in [2.24, 2.45) is 0 Å². The second-order valence-corrected chi connectivity index (χ2v) is 7.23. The van der Waals surface area contributed by atoms with Crippen LogP contribution in [0.5, 0.6) is 0 Å². The van der Waals surface area contributed by atoms with Gasteiger partial charge in [-0.2, -0.15) is 0 Å². The van der Waals surface area contributed by atoms with Crippen LogP contribution >= 0.6 is 0 Å². The third-order valence-corrected chi connectivity index (χ3v) is 5.02. The summed E-state index contributed by atoms with van der Waals surface area (Å²) in [5, 5.41) is 3.02. The van der Waals surface area contributed by atoms with Crippen LogP contribution in [0.15, 0.2) is 66.7 Å². The number of imidazole rings is 1. The largest absolute Gasteiger partial charge is 0.325 e. The van der Waals surface area contributed by atoms with Crippen molar-refractivity contribution in [3.8, 4) is 11.4 Å². The SMILES string of the molecule is Cc1cccc(-c2nc3ccccc3n2CC(=O)Nc2ccc(C)c(C)c2)c1. The van der Waals surface area contributed by atoms with Crippen LogP contribution in [0, 0.1) is 20.8 Å². The van der Waals surface area contributed by atoms with Crippen molar-refractivity contribution < 1.29 is 4.79 Å². The number of nitrogens with one attached hydrogen (secondary N) is 1. The maximum absolute atomic E-state index is 12.8. The van der Waals surface area contributed by atoms with E-state index in [0.29, 0.717) is 0 Å². The highest BCUT2D eigenvalue weighted by molar-refractivity contribution is 5.92. The Labute approximate surface area is 164 Å². The number of benzene rings is 3. The van der Waals surface area contributed by atoms with Crippen molar-refractivity contribution >= 4 is 22.6 Å². The highest BCUT2D eigenvalue weighted by Gasteiger charge is 2.15. The van der Waals surface area contributed by atoms with Crippen molar-refractivity contribution in [2.45, 2.75) is 27.3 Å². The quantitative estimate of drug-likeness (QED) is 0.533. The smallest absolute Gasteiger partial charge is 0.244 e. The Bertz CT molecular complexity index is 1170. The van der Waals surface area contributed by atoms with E-state index in [1.807, 2.05) is 66.1 Å². The van der Waals surface area contributed by atoms with Crippen LogP contribution in [0.3, 0.4) is 0 Å². The lowest BCUT2D eigenvalue weighted by molar-refractivity contribution is -0.116. The summed E-state index contributed by atoms with van der Waals surface area (Å²) >= 11 is 0. The molecule has 140 valence electrons. The van der Waals surface area contributed by atoms with Gasteiger partial charge < -0.3 is 9.88 Å². The topological polar surface area (TPSA) is 46.9 Å². The van der Waals surface area contributed by atoms with Crippen molar-refractivity contribution in [1.29, 1.82) is 0 Å². The second kappa shape index (κ2) is 7.31. The van der Waals surface area contributed by atoms with E-state index in [4.69, 9.17) is 4.98 Å². The zero-order valence-corrected chi connectivity index (χ0v) is 16.4. The number of hydrogen-bond acceptors (Lipinski definition) is 2. The molecule has 1 aromatic heterocycles. The van der Waals surface area contributed by atoms with Crippen LogP contribution < -0.4 is 5.32 Å². The summed E-state index contributed by atoms with van der Waals surface area (Å²) in [5.74, 6) is 0.737. The Kier molecular flexibility index (Phi) is 4.70. The first-order valence-electron chi connectivity index (χ1n) is 9.41. The Morgan fingerprint density at radius 2 is 1.75 bits per heavy atom. The molecular formula is C24H23N3O. The van der Waals surface area contributed by atoms with Crippen LogP contribution in [-0.4, -0.2) is 15.5 Å². The Balaban J connectivity index is 1.70. The fourth-order valence-electron chi connectivity index (χ4n) is 3.40. The molecule has 0 saturated carbocycles. The van der Waals surface area contributed by atoms with Crippen LogP contribution in [0.25, 0.3) is 22.4 Å². The molecule has 0 aliphatic carbocycles. The fourth-order valence-corrected chi connectivity index (χ4v) is 3.40. The molecule has 3 aromatic carbocycles. The normalized spacial score (nSPS) is 11.0. The van der Waals surface area contributed by atoms with E-state index in [0.717, 1.165) is 39.2 Å². The molecule has 0 saturated heterocycles. The van der Waals surface area contributed by atoms with Gasteiger partial charge in [-0.3, -0.25) is 4.79 Å². The zero-order chi connectivity index (χ0) is 19.7. The maximum atomic E-state index is 12.8. The predicted octanol–water partition coefficient (Wildman–Crippen LogP) is 5.27. The summed E-state index contributed by atoms with van der Waals surface area (Å²) in [5.41, 5.74) is 7.19. The molecule has 0 bridgehead atoms. The van der Waals surface area contributed by atoms with Gasteiger partial charge in [0, 0.05) is 11.3 Å². The molecule has 4 aromatic rings. The number of carbonyl (C=O) groups is 1. The monoisotopic (exact) mass is 369 g/mol. The number of aryl methyl sites for hydroxylation is 3. The third kappa shape index (κ3) is 3.54. The first-order valence-corrected chi connectivity index (χ1v) is 9.41. The molecule has 1 amide bonds. The zero-order valence-electron chi connectivity index (χ0n) is 16.4. The molecule has 0 fully saturated rings. The van der Waals surface area contributed by atoms with Gasteiger partial charge in [-0.05, 0) is 62.2 Å². The van der Waals surface area contributed by atoms with Crippen LogP contribution in [0.1, 0.15) is 16.7 Å². The van der Waals surface area contributed by atoms with Gasteiger partial charge in [0.15, 0.2) is 0 Å². The number of aromatic nitrogens is 2. The van der Waals surface area contributed by atoms with E-state index in [1.165, 1.54) is 5.56 Å². The average Bonchev–Trinajstić information content (AvgIpc) is 3.03. The Morgan fingerprint density at radius 3 is 2.54 bits per heavy atom. The number of rotatable bonds is 4. The van der Waals surface area contributed by atoms with Gasteiger partial charge in [-0.15, -0.1) is 0 Å². The summed E-state index contributed by atoms with van der Waals surface area (Å²) < 4.78 is 1.99. The fraction of sp³-hybridized carbons (Fsp3) is 0.167. The Morgan fingerprint density at radius 1 is 0.929 bits per heavy atom. The lowest BCUT2D eigenvalue weighted by atomic mass is 10.1. The summed E-state index contributed by atoms with van der Waals surface area (Å²) in [6, 6.07) is 22.1. The number of nitrogens with zero attached hydrogens (tertiary/aromatic N) is 2. The highest BCUT2D eigenvalue weighted by Crippen LogP contribution is 2.25. The first kappa shape index (κ1) is 18.0. The number of carbonyl (C=O) groups excluding carboxylic acids is 1. The average molecular weight is 369 g/mol. The summed E-state index contributed by atoms with van der Waals surface area (Å²) in [4.78, 5) is 17.6. The van der Waals surface area contributed by atoms with Gasteiger partial charge in [0.25, 0.3) is 0 Å². The van der Waals surface area contributed by atoms with Crippen LogP contribution in [0.2, 0.25) is 0 Å². The van der Waals surface area contributed by atoms with Gasteiger partial charge >= 0.3 is 0 Å². The summed E-state index contributed by atoms with van der Waals surface area (Å²) in [7, 11) is 0. The molecule has 0 unspecified atom stereocenters. The predicted molar refractivity (Wildman–Crippen MR) is 114 cm³/mol. The van der Waals surface area contributed by atoms with E-state index >= 15 is 0 Å². The maximum Gasteiger partial charge on any atom is 0.244 e. The number of fused-ring (bicyclic) bond motifs is 1. The van der Waals surface area contributed by atoms with Crippen molar-refractivity contribution in [3.63, 3.8) is 0 Å². The van der Waals surface area contributed by atoms with E-state index < -0.39 is 0 Å². The van der Waals surface area contributed by atoms with E-state index in [1.54, 1.807) is 0 Å². The van der Waals surface area contributed by atoms with Crippen LogP contribution in [0.4, 0.5) is 5.69 Å². The van der Waals surface area contributed by atoms with Crippen molar-refractivity contribution in [1.82, 2.24) is 9.55 Å². The molecule has 1 N–H and O–H groups in total. The Hall–Kier alpha value is -3.40. The number of para-hydroxylation sites is 2. The minimum atomic E-state index is -0.0692. The van der Waals surface area contributed by atoms with Gasteiger partial charge in [-0.25, -0.2) is 4.98 Å². The molecule has 28 heavy (non-hydrogen) atoms. The lowest BCUT2D eigenvalue weighted by Gasteiger charge is -2.11. The molecular weight excluding hydrogens is 346 g/mol. The van der Waals surface area contributed by atoms with Gasteiger partial charge in [-0.1, -0.05) is 42.0 Å². The van der Waals surface area contributed by atoms with Gasteiger partial charge in [0.05, 0.1) is 11.0 Å². The first-order chi connectivity index (χ1) is 13.5. The van der Waals surface area contributed by atoms with Crippen LogP contribution in [-0.2, 0) is 11.3 Å². The van der Waals surface area contributed by atoms with E-state index in [2.05, 4.69) is 31.3 Å². The molecule has 0 radical (unpaired) electrons. The second-order valence-electron chi connectivity index (χ2n) is 7.23. The molecule has 4 heteroatoms. The van der Waals surface area contributed by atoms with E-state index in [-0.39, 0.29) is 12.5 Å². The molecule has 4 nitrogen and oxygen atoms in total. The van der Waals surface area contributed by atoms with Crippen molar-refractivity contribution in [2.75, 3.05) is 5.32 Å².